The first kappa shape index (κ1) is 15.4. The molecule has 1 N–H and O–H groups in total. The van der Waals surface area contributed by atoms with E-state index < -0.39 is 0 Å². The average Bonchev–Trinajstić information content (AvgIpc) is 2.38. The summed E-state index contributed by atoms with van der Waals surface area (Å²) in [7, 11) is 3.33. The molecular formula is C14H21BN2O2. The number of nitrogens with zero attached hydrogens (tertiary/aromatic N) is 1. The van der Waals surface area contributed by atoms with Crippen LogP contribution in [0.25, 0.3) is 0 Å². The Bertz CT molecular complexity index is 449. The lowest BCUT2D eigenvalue weighted by Gasteiger charge is -2.24. The largest absolute Gasteiger partial charge is 0.468 e. The highest BCUT2D eigenvalue weighted by atomic mass is 16.5. The second-order valence-electron chi connectivity index (χ2n) is 4.83. The fourth-order valence-corrected chi connectivity index (χ4v) is 1.86. The van der Waals surface area contributed by atoms with Crippen LogP contribution in [0.3, 0.4) is 0 Å². The van der Waals surface area contributed by atoms with E-state index >= 15 is 0 Å². The third-order valence-electron chi connectivity index (χ3n) is 2.95. The van der Waals surface area contributed by atoms with Crippen molar-refractivity contribution in [2.75, 3.05) is 7.11 Å². The quantitative estimate of drug-likeness (QED) is 0.455. The van der Waals surface area contributed by atoms with Gasteiger partial charge >= 0.3 is 5.97 Å². The third-order valence-corrected chi connectivity index (χ3v) is 2.95. The summed E-state index contributed by atoms with van der Waals surface area (Å²) in [5.41, 5.74) is 1.79. The minimum absolute atomic E-state index is 0.125. The highest BCUT2D eigenvalue weighted by Crippen LogP contribution is 2.14. The van der Waals surface area contributed by atoms with E-state index in [9.17, 15) is 4.79 Å². The minimum atomic E-state index is -0.379. The first-order valence-electron chi connectivity index (χ1n) is 6.39. The van der Waals surface area contributed by atoms with Crippen LogP contribution in [0, 0.1) is 5.92 Å². The van der Waals surface area contributed by atoms with E-state index in [0.717, 1.165) is 11.3 Å². The van der Waals surface area contributed by atoms with E-state index in [0.29, 0.717) is 0 Å². The highest BCUT2D eigenvalue weighted by molar-refractivity contribution is 6.30. The van der Waals surface area contributed by atoms with Gasteiger partial charge in [-0.05, 0) is 17.6 Å². The summed E-state index contributed by atoms with van der Waals surface area (Å²) in [5, 5.41) is 3.24. The normalized spacial score (nSPS) is 13.9. The number of methoxy groups -OCH3 is 1. The highest BCUT2D eigenvalue weighted by Gasteiger charge is 2.25. The van der Waals surface area contributed by atoms with Crippen molar-refractivity contribution in [2.24, 2.45) is 5.92 Å². The van der Waals surface area contributed by atoms with Gasteiger partial charge in [-0.25, -0.2) is 0 Å². The number of hydrogen-bond donors (Lipinski definition) is 1. The number of pyridine rings is 1. The molecule has 1 aromatic rings. The molecule has 1 aromatic heterocycles. The van der Waals surface area contributed by atoms with Gasteiger partial charge in [0.25, 0.3) is 0 Å². The maximum Gasteiger partial charge on any atom is 0.323 e. The van der Waals surface area contributed by atoms with Gasteiger partial charge in [0.2, 0.25) is 0 Å². The molecule has 0 aromatic carbocycles. The molecule has 0 aliphatic heterocycles. The Kier molecular flexibility index (Phi) is 5.76. The van der Waals surface area contributed by atoms with E-state index in [2.05, 4.69) is 16.9 Å². The first-order chi connectivity index (χ1) is 8.99. The van der Waals surface area contributed by atoms with Crippen LogP contribution in [0.1, 0.15) is 25.6 Å². The predicted octanol–water partition coefficient (Wildman–Crippen LogP) is 0.354. The molecule has 0 unspecified atom stereocenters. The van der Waals surface area contributed by atoms with Gasteiger partial charge in [0.1, 0.15) is 6.04 Å². The van der Waals surface area contributed by atoms with Gasteiger partial charge in [0.05, 0.1) is 18.8 Å². The molecule has 0 aliphatic rings. The van der Waals surface area contributed by atoms with Crippen molar-refractivity contribution in [2.45, 2.75) is 25.9 Å². The Labute approximate surface area is 115 Å². The number of esters is 1. The van der Waals surface area contributed by atoms with Gasteiger partial charge < -0.3 is 4.74 Å². The van der Waals surface area contributed by atoms with Crippen LogP contribution in [0.15, 0.2) is 30.9 Å². The molecule has 19 heavy (non-hydrogen) atoms. The molecule has 1 heterocycles. The molecule has 0 spiro atoms. The lowest BCUT2D eigenvalue weighted by Crippen LogP contribution is -2.43. The zero-order valence-corrected chi connectivity index (χ0v) is 12.0. The summed E-state index contributed by atoms with van der Waals surface area (Å²) in [4.78, 5) is 16.2. The number of rotatable bonds is 6. The number of ether oxygens (including phenoxy) is 1. The van der Waals surface area contributed by atoms with E-state index in [1.54, 1.807) is 6.08 Å². The van der Waals surface area contributed by atoms with Gasteiger partial charge in [0.15, 0.2) is 7.85 Å². The van der Waals surface area contributed by atoms with Crippen LogP contribution in [0.4, 0.5) is 0 Å². The van der Waals surface area contributed by atoms with Crippen LogP contribution in [0.5, 0.6) is 0 Å². The lowest BCUT2D eigenvalue weighted by atomic mass is 10.0. The number of nitrogens with one attached hydrogen (secondary N) is 1. The van der Waals surface area contributed by atoms with Crippen LogP contribution in [0.2, 0.25) is 0 Å². The fourth-order valence-electron chi connectivity index (χ4n) is 1.86. The van der Waals surface area contributed by atoms with Crippen molar-refractivity contribution in [1.29, 1.82) is 0 Å². The summed E-state index contributed by atoms with van der Waals surface area (Å²) in [6.45, 7) is 7.75. The zero-order valence-electron chi connectivity index (χ0n) is 12.0. The van der Waals surface area contributed by atoms with Crippen LogP contribution in [-0.2, 0) is 9.53 Å². The summed E-state index contributed by atoms with van der Waals surface area (Å²) >= 11 is 0. The number of carbonyl (C=O) groups excluding carboxylic acids is 1. The van der Waals surface area contributed by atoms with Crippen molar-refractivity contribution >= 4 is 19.4 Å². The Balaban J connectivity index is 2.91. The molecule has 0 bridgehead atoms. The second-order valence-corrected chi connectivity index (χ2v) is 4.83. The number of hydrogen-bond acceptors (Lipinski definition) is 4. The number of carbonyl (C=O) groups is 1. The Morgan fingerprint density at radius 2 is 2.21 bits per heavy atom. The Hall–Kier alpha value is -1.62. The van der Waals surface area contributed by atoms with Gasteiger partial charge in [-0.1, -0.05) is 32.1 Å². The van der Waals surface area contributed by atoms with Gasteiger partial charge in [-0.2, -0.15) is 0 Å². The molecule has 0 saturated heterocycles. The maximum atomic E-state index is 11.8. The van der Waals surface area contributed by atoms with E-state index in [1.807, 2.05) is 39.9 Å². The smallest absolute Gasteiger partial charge is 0.323 e. The van der Waals surface area contributed by atoms with Crippen LogP contribution < -0.4 is 10.9 Å². The Morgan fingerprint density at radius 1 is 1.53 bits per heavy atom. The molecule has 5 heteroatoms. The van der Waals surface area contributed by atoms with Gasteiger partial charge in [0, 0.05) is 0 Å². The minimum Gasteiger partial charge on any atom is -0.468 e. The Morgan fingerprint density at radius 3 is 2.68 bits per heavy atom. The summed E-state index contributed by atoms with van der Waals surface area (Å²) < 4.78 is 4.82. The summed E-state index contributed by atoms with van der Waals surface area (Å²) in [6.07, 6.45) is 1.75. The second kappa shape index (κ2) is 7.09. The number of aromatic nitrogens is 1. The van der Waals surface area contributed by atoms with E-state index in [-0.39, 0.29) is 24.0 Å². The van der Waals surface area contributed by atoms with Crippen LogP contribution in [-0.4, -0.2) is 32.0 Å². The van der Waals surface area contributed by atoms with E-state index in [1.165, 1.54) is 7.11 Å². The molecule has 0 radical (unpaired) electrons. The van der Waals surface area contributed by atoms with Crippen molar-refractivity contribution in [1.82, 2.24) is 10.3 Å². The van der Waals surface area contributed by atoms with Crippen molar-refractivity contribution < 1.29 is 9.53 Å². The molecular weight excluding hydrogens is 239 g/mol. The van der Waals surface area contributed by atoms with E-state index in [4.69, 9.17) is 4.74 Å². The first-order valence-corrected chi connectivity index (χ1v) is 6.39. The SMILES string of the molecule is Bc1cccc([C@H](C=C)N[C@H](C(=O)OC)C(C)C)n1. The molecule has 0 fully saturated rings. The maximum absolute atomic E-state index is 11.8. The molecule has 102 valence electrons. The average molecular weight is 260 g/mol. The monoisotopic (exact) mass is 260 g/mol. The predicted molar refractivity (Wildman–Crippen MR) is 79.1 cm³/mol. The van der Waals surface area contributed by atoms with Crippen molar-refractivity contribution in [3.63, 3.8) is 0 Å². The third kappa shape index (κ3) is 4.21. The van der Waals surface area contributed by atoms with Crippen molar-refractivity contribution in [3.8, 4) is 0 Å². The molecule has 0 saturated carbocycles. The molecule has 0 amide bonds. The fraction of sp³-hybridized carbons (Fsp3) is 0.429. The molecule has 0 aliphatic carbocycles. The summed E-state index contributed by atoms with van der Waals surface area (Å²) in [6, 6.07) is 5.24. The van der Waals surface area contributed by atoms with Gasteiger partial charge in [-0.3, -0.25) is 15.1 Å². The topological polar surface area (TPSA) is 51.2 Å². The summed E-state index contributed by atoms with van der Waals surface area (Å²) in [5.74, 6) is -0.144. The van der Waals surface area contributed by atoms with Crippen LogP contribution >= 0.6 is 0 Å². The van der Waals surface area contributed by atoms with Crippen molar-refractivity contribution in [3.05, 3.63) is 36.5 Å². The lowest BCUT2D eigenvalue weighted by molar-refractivity contribution is -0.144. The molecule has 4 nitrogen and oxygen atoms in total. The zero-order chi connectivity index (χ0) is 14.4. The van der Waals surface area contributed by atoms with Gasteiger partial charge in [-0.15, -0.1) is 6.58 Å². The molecule has 1 rings (SSSR count). The standard InChI is InChI=1S/C14H21BN2O2/c1-5-10(11-7-6-8-12(15)16-11)17-13(9(2)3)14(18)19-4/h5-10,13,17H,1,15H2,2-4H3/t10-,13-/m0/s1. The molecule has 2 atom stereocenters.